The van der Waals surface area contributed by atoms with Crippen molar-refractivity contribution in [2.75, 3.05) is 43.5 Å². The van der Waals surface area contributed by atoms with Crippen molar-refractivity contribution in [3.63, 3.8) is 0 Å². The minimum Gasteiger partial charge on any atom is -0.492 e. The minimum absolute atomic E-state index is 0.0910. The number of rotatable bonds is 4. The molecule has 2 amide bonds. The number of nitrogens with zero attached hydrogens (tertiary/aromatic N) is 2. The number of amides is 2. The number of carbonyl (C=O) groups excluding carboxylic acids is 2. The van der Waals surface area contributed by atoms with Crippen LogP contribution in [0.25, 0.3) is 0 Å². The van der Waals surface area contributed by atoms with E-state index in [1.165, 1.54) is 0 Å². The molecule has 156 valence electrons. The van der Waals surface area contributed by atoms with Gasteiger partial charge < -0.3 is 15.0 Å². The third kappa shape index (κ3) is 3.15. The fourth-order valence-corrected chi connectivity index (χ4v) is 5.04. The number of likely N-dealkylation sites (tertiary alicyclic amines) is 1. The summed E-state index contributed by atoms with van der Waals surface area (Å²) < 4.78 is 5.95. The number of likely N-dealkylation sites (N-methyl/N-ethyl adjacent to an activating group) is 1. The van der Waals surface area contributed by atoms with Gasteiger partial charge in [-0.15, -0.1) is 0 Å². The fraction of sp³-hybridized carbons (Fsp3) is 0.391. The molecule has 1 saturated heterocycles. The van der Waals surface area contributed by atoms with Crippen molar-refractivity contribution in [1.29, 1.82) is 0 Å². The van der Waals surface area contributed by atoms with E-state index in [1.54, 1.807) is 11.9 Å². The number of fused-ring (bicyclic) bond motifs is 3. The lowest BCUT2D eigenvalue weighted by atomic mass is 9.73. The number of carbonyl (C=O) groups is 2. The average molecular weight is 426 g/mol. The van der Waals surface area contributed by atoms with E-state index in [4.69, 9.17) is 16.3 Å². The van der Waals surface area contributed by atoms with Crippen LogP contribution in [0.1, 0.15) is 24.0 Å². The smallest absolute Gasteiger partial charge is 0.235 e. The molecular formula is C23H24ClN3O3. The van der Waals surface area contributed by atoms with E-state index in [-0.39, 0.29) is 11.8 Å². The molecule has 5 rings (SSSR count). The van der Waals surface area contributed by atoms with Gasteiger partial charge in [-0.25, -0.2) is 0 Å². The molecule has 30 heavy (non-hydrogen) atoms. The number of nitrogens with one attached hydrogen (secondary N) is 1. The number of anilines is 2. The standard InChI is InChI=1S/C23H24ClN3O3/c1-26-20-5-3-17(12-15(20)13-21(26)28)30-11-10-27-8-6-23(7-9-27)18-14-16(24)2-4-19(18)25-22(23)29/h2-5,12,14H,6-11,13H2,1H3,(H,25,29). The van der Waals surface area contributed by atoms with Crippen molar-refractivity contribution in [2.45, 2.75) is 24.7 Å². The molecule has 2 aromatic carbocycles. The Labute approximate surface area is 180 Å². The van der Waals surface area contributed by atoms with Crippen LogP contribution in [-0.4, -0.2) is 50.0 Å². The van der Waals surface area contributed by atoms with Crippen molar-refractivity contribution in [1.82, 2.24) is 4.90 Å². The molecule has 0 aliphatic carbocycles. The molecule has 3 heterocycles. The quantitative estimate of drug-likeness (QED) is 0.817. The molecule has 6 nitrogen and oxygen atoms in total. The molecule has 0 saturated carbocycles. The third-order valence-electron chi connectivity index (χ3n) is 6.69. The lowest BCUT2D eigenvalue weighted by molar-refractivity contribution is -0.122. The Morgan fingerprint density at radius 2 is 1.93 bits per heavy atom. The minimum atomic E-state index is -0.462. The first kappa shape index (κ1) is 19.4. The molecule has 0 radical (unpaired) electrons. The zero-order valence-corrected chi connectivity index (χ0v) is 17.7. The van der Waals surface area contributed by atoms with Crippen LogP contribution in [0, 0.1) is 0 Å². The van der Waals surface area contributed by atoms with Gasteiger partial charge in [-0.3, -0.25) is 14.5 Å². The summed E-state index contributed by atoms with van der Waals surface area (Å²) in [6.07, 6.45) is 1.99. The Morgan fingerprint density at radius 1 is 1.13 bits per heavy atom. The van der Waals surface area contributed by atoms with Gasteiger partial charge in [-0.2, -0.15) is 0 Å². The number of halogens is 1. The average Bonchev–Trinajstić information content (AvgIpc) is 3.17. The monoisotopic (exact) mass is 425 g/mol. The van der Waals surface area contributed by atoms with Gasteiger partial charge in [0.05, 0.1) is 11.8 Å². The van der Waals surface area contributed by atoms with Crippen molar-refractivity contribution in [2.24, 2.45) is 0 Å². The summed E-state index contributed by atoms with van der Waals surface area (Å²) in [7, 11) is 1.80. The maximum Gasteiger partial charge on any atom is 0.235 e. The number of piperidine rings is 1. The maximum absolute atomic E-state index is 12.7. The lowest BCUT2D eigenvalue weighted by Gasteiger charge is -2.38. The Morgan fingerprint density at radius 3 is 2.73 bits per heavy atom. The largest absolute Gasteiger partial charge is 0.492 e. The molecule has 0 aromatic heterocycles. The van der Waals surface area contributed by atoms with Crippen molar-refractivity contribution < 1.29 is 14.3 Å². The summed E-state index contributed by atoms with van der Waals surface area (Å²) in [6.45, 7) is 3.05. The highest BCUT2D eigenvalue weighted by atomic mass is 35.5. The lowest BCUT2D eigenvalue weighted by Crippen LogP contribution is -2.47. The van der Waals surface area contributed by atoms with E-state index < -0.39 is 5.41 Å². The Kier molecular flexibility index (Phi) is 4.71. The van der Waals surface area contributed by atoms with Crippen LogP contribution in [0.4, 0.5) is 11.4 Å². The van der Waals surface area contributed by atoms with Gasteiger partial charge in [0.15, 0.2) is 0 Å². The second-order valence-corrected chi connectivity index (χ2v) is 8.77. The number of hydrogen-bond acceptors (Lipinski definition) is 4. The predicted octanol–water partition coefficient (Wildman–Crippen LogP) is 3.22. The molecule has 0 unspecified atom stereocenters. The van der Waals surface area contributed by atoms with E-state index >= 15 is 0 Å². The molecule has 0 bridgehead atoms. The highest BCUT2D eigenvalue weighted by molar-refractivity contribution is 6.31. The van der Waals surface area contributed by atoms with Crippen LogP contribution in [0.5, 0.6) is 5.75 Å². The molecule has 3 aliphatic rings. The van der Waals surface area contributed by atoms with Gasteiger partial charge in [0.25, 0.3) is 0 Å². The van der Waals surface area contributed by atoms with Gasteiger partial charge >= 0.3 is 0 Å². The van der Waals surface area contributed by atoms with Crippen LogP contribution >= 0.6 is 11.6 Å². The van der Waals surface area contributed by atoms with Gasteiger partial charge in [-0.1, -0.05) is 11.6 Å². The molecule has 1 spiro atoms. The number of benzene rings is 2. The first-order valence-corrected chi connectivity index (χ1v) is 10.7. The van der Waals surface area contributed by atoms with Crippen LogP contribution in [0.2, 0.25) is 5.02 Å². The van der Waals surface area contributed by atoms with Gasteiger partial charge in [0, 0.05) is 30.0 Å². The van der Waals surface area contributed by atoms with Gasteiger partial charge in [-0.05, 0) is 73.5 Å². The molecule has 2 aromatic rings. The normalized spacial score (nSPS) is 19.7. The summed E-state index contributed by atoms with van der Waals surface area (Å²) in [6, 6.07) is 11.5. The van der Waals surface area contributed by atoms with Crippen LogP contribution in [0.15, 0.2) is 36.4 Å². The van der Waals surface area contributed by atoms with Crippen LogP contribution < -0.4 is 15.0 Å². The summed E-state index contributed by atoms with van der Waals surface area (Å²) >= 11 is 6.19. The zero-order chi connectivity index (χ0) is 20.9. The SMILES string of the molecule is CN1C(=O)Cc2cc(OCCN3CCC4(CC3)C(=O)Nc3ccc(Cl)cc34)ccc21. The highest BCUT2D eigenvalue weighted by Gasteiger charge is 2.48. The van der Waals surface area contributed by atoms with Crippen LogP contribution in [-0.2, 0) is 21.4 Å². The topological polar surface area (TPSA) is 61.9 Å². The number of ether oxygens (including phenoxy) is 1. The van der Waals surface area contributed by atoms with Crippen molar-refractivity contribution in [3.05, 3.63) is 52.5 Å². The summed E-state index contributed by atoms with van der Waals surface area (Å²) in [4.78, 5) is 28.6. The maximum atomic E-state index is 12.7. The second-order valence-electron chi connectivity index (χ2n) is 8.34. The van der Waals surface area contributed by atoms with Crippen molar-refractivity contribution in [3.8, 4) is 5.75 Å². The molecule has 3 aliphatic heterocycles. The van der Waals surface area contributed by atoms with Gasteiger partial charge in [0.2, 0.25) is 11.8 Å². The van der Waals surface area contributed by atoms with E-state index in [9.17, 15) is 9.59 Å². The molecule has 7 heteroatoms. The molecule has 0 atom stereocenters. The molecule has 1 N–H and O–H groups in total. The first-order chi connectivity index (χ1) is 14.5. The molecular weight excluding hydrogens is 402 g/mol. The van der Waals surface area contributed by atoms with E-state index in [1.807, 2.05) is 36.4 Å². The first-order valence-electron chi connectivity index (χ1n) is 10.3. The Bertz CT molecular complexity index is 1030. The number of hydrogen-bond donors (Lipinski definition) is 1. The second kappa shape index (κ2) is 7.29. The zero-order valence-electron chi connectivity index (χ0n) is 16.9. The van der Waals surface area contributed by atoms with E-state index in [0.29, 0.717) is 18.1 Å². The molecule has 1 fully saturated rings. The summed E-state index contributed by atoms with van der Waals surface area (Å²) in [5.74, 6) is 1.00. The third-order valence-corrected chi connectivity index (χ3v) is 6.93. The Hall–Kier alpha value is -2.57. The fourth-order valence-electron chi connectivity index (χ4n) is 4.87. The Balaban J connectivity index is 1.17. The summed E-state index contributed by atoms with van der Waals surface area (Å²) in [5, 5.41) is 3.69. The van der Waals surface area contributed by atoms with Crippen LogP contribution in [0.3, 0.4) is 0 Å². The van der Waals surface area contributed by atoms with E-state index in [2.05, 4.69) is 10.2 Å². The van der Waals surface area contributed by atoms with Crippen molar-refractivity contribution >= 4 is 34.8 Å². The summed E-state index contributed by atoms with van der Waals surface area (Å²) in [5.41, 5.74) is 3.44. The van der Waals surface area contributed by atoms with Gasteiger partial charge in [0.1, 0.15) is 12.4 Å². The highest BCUT2D eigenvalue weighted by Crippen LogP contribution is 2.45. The van der Waals surface area contributed by atoms with E-state index in [0.717, 1.165) is 60.7 Å². The predicted molar refractivity (Wildman–Crippen MR) is 116 cm³/mol.